The first-order chi connectivity index (χ1) is 10.6. The molecule has 0 saturated heterocycles. The molecule has 0 aliphatic heterocycles. The van der Waals surface area contributed by atoms with Crippen LogP contribution in [0.25, 0.3) is 0 Å². The molecular weight excluding hydrogens is 461 g/mol. The lowest BCUT2D eigenvalue weighted by molar-refractivity contribution is -0.890. The molecule has 0 radical (unpaired) electrons. The van der Waals surface area contributed by atoms with Crippen molar-refractivity contribution < 1.29 is 28.5 Å². The van der Waals surface area contributed by atoms with E-state index in [0.717, 1.165) is 5.33 Å². The van der Waals surface area contributed by atoms with Crippen LogP contribution in [0.15, 0.2) is 0 Å². The molecule has 0 spiro atoms. The molecule has 0 aromatic heterocycles. The number of quaternary nitrogens is 1. The van der Waals surface area contributed by atoms with Crippen molar-refractivity contribution in [2.75, 3.05) is 32.5 Å². The van der Waals surface area contributed by atoms with Gasteiger partial charge in [0, 0.05) is 5.33 Å². The molecule has 0 N–H and O–H groups in total. The largest absolute Gasteiger partial charge is 1.00 e. The van der Waals surface area contributed by atoms with Gasteiger partial charge in [-0.05, 0) is 25.7 Å². The van der Waals surface area contributed by atoms with E-state index in [-0.39, 0.29) is 24.0 Å². The second kappa shape index (κ2) is 19.5. The summed E-state index contributed by atoms with van der Waals surface area (Å²) in [5, 5.41) is 1.16. The molecule has 3 heteroatoms. The van der Waals surface area contributed by atoms with Crippen molar-refractivity contribution in [1.82, 2.24) is 0 Å². The van der Waals surface area contributed by atoms with Gasteiger partial charge in [0.15, 0.2) is 0 Å². The first-order valence-corrected chi connectivity index (χ1v) is 11.1. The Bertz CT molecular complexity index is 222. The van der Waals surface area contributed by atoms with Gasteiger partial charge in [0.2, 0.25) is 0 Å². The van der Waals surface area contributed by atoms with E-state index in [1.165, 1.54) is 107 Å². The molecule has 0 bridgehead atoms. The van der Waals surface area contributed by atoms with E-state index in [0.29, 0.717) is 0 Å². The van der Waals surface area contributed by atoms with Gasteiger partial charge >= 0.3 is 0 Å². The third-order valence-electron chi connectivity index (χ3n) is 4.76. The summed E-state index contributed by atoms with van der Waals surface area (Å²) in [5.74, 6) is 0. The van der Waals surface area contributed by atoms with Gasteiger partial charge in [-0.1, -0.05) is 87.1 Å². The van der Waals surface area contributed by atoms with Crippen LogP contribution in [0.1, 0.15) is 96.8 Å². The highest BCUT2D eigenvalue weighted by Gasteiger charge is 2.13. The number of hydrogen-bond acceptors (Lipinski definition) is 0. The van der Waals surface area contributed by atoms with Gasteiger partial charge in [0.25, 0.3) is 0 Å². The molecule has 0 unspecified atom stereocenters. The smallest absolute Gasteiger partial charge is 0.0782 e. The SMILES string of the molecule is CCCCCCCCCCCCCC[N+](C)(C)CCCCBr.[I-]. The Morgan fingerprint density at radius 2 is 0.913 bits per heavy atom. The van der Waals surface area contributed by atoms with E-state index in [9.17, 15) is 0 Å². The first-order valence-electron chi connectivity index (χ1n) is 10.0. The van der Waals surface area contributed by atoms with Crippen molar-refractivity contribution in [3.63, 3.8) is 0 Å². The Morgan fingerprint density at radius 3 is 1.30 bits per heavy atom. The fourth-order valence-electron chi connectivity index (χ4n) is 3.13. The molecule has 1 nitrogen and oxygen atoms in total. The minimum absolute atomic E-state index is 0. The Balaban J connectivity index is 0. The third-order valence-corrected chi connectivity index (χ3v) is 5.32. The minimum Gasteiger partial charge on any atom is -1.00 e. The maximum absolute atomic E-state index is 3.52. The number of unbranched alkanes of at least 4 members (excludes halogenated alkanes) is 12. The number of rotatable bonds is 17. The molecule has 0 aliphatic rings. The minimum atomic E-state index is 0. The van der Waals surface area contributed by atoms with E-state index >= 15 is 0 Å². The lowest BCUT2D eigenvalue weighted by Crippen LogP contribution is -3.00. The van der Waals surface area contributed by atoms with Gasteiger partial charge in [-0.25, -0.2) is 0 Å². The topological polar surface area (TPSA) is 0 Å². The van der Waals surface area contributed by atoms with Crippen molar-refractivity contribution in [3.05, 3.63) is 0 Å². The lowest BCUT2D eigenvalue weighted by Gasteiger charge is -2.29. The molecule has 0 fully saturated rings. The number of hydrogen-bond donors (Lipinski definition) is 0. The quantitative estimate of drug-likeness (QED) is 0.122. The molecule has 0 aromatic rings. The zero-order valence-corrected chi connectivity index (χ0v) is 20.0. The third kappa shape index (κ3) is 21.1. The Kier molecular flexibility index (Phi) is 22.4. The van der Waals surface area contributed by atoms with E-state index < -0.39 is 0 Å². The molecule has 142 valence electrons. The van der Waals surface area contributed by atoms with Gasteiger partial charge in [-0.15, -0.1) is 0 Å². The van der Waals surface area contributed by atoms with E-state index in [4.69, 9.17) is 0 Å². The molecule has 0 aromatic carbocycles. The maximum Gasteiger partial charge on any atom is 0.0782 e. The second-order valence-electron chi connectivity index (χ2n) is 7.67. The standard InChI is InChI=1S/C20H43BrN.HI/c1-4-5-6-7-8-9-10-11-12-13-14-16-19-22(2,3)20-17-15-18-21;/h4-20H2,1-3H3;1H/q+1;/p-1. The maximum atomic E-state index is 3.52. The monoisotopic (exact) mass is 503 g/mol. The zero-order valence-electron chi connectivity index (χ0n) is 16.2. The average Bonchev–Trinajstić information content (AvgIpc) is 2.48. The molecule has 0 aliphatic carbocycles. The highest BCUT2D eigenvalue weighted by Crippen LogP contribution is 2.13. The van der Waals surface area contributed by atoms with Crippen LogP contribution in [0.2, 0.25) is 0 Å². The van der Waals surface area contributed by atoms with Crippen molar-refractivity contribution in [1.29, 1.82) is 0 Å². The second-order valence-corrected chi connectivity index (χ2v) is 8.46. The molecule has 0 rings (SSSR count). The molecule has 0 heterocycles. The summed E-state index contributed by atoms with van der Waals surface area (Å²) >= 11 is 3.52. The van der Waals surface area contributed by atoms with Crippen LogP contribution in [0.5, 0.6) is 0 Å². The molecule has 0 saturated carbocycles. The van der Waals surface area contributed by atoms with Crippen LogP contribution in [-0.2, 0) is 0 Å². The predicted octanol–water partition coefficient (Wildman–Crippen LogP) is 3.94. The van der Waals surface area contributed by atoms with Crippen LogP contribution in [0.4, 0.5) is 0 Å². The molecule has 0 atom stereocenters. The van der Waals surface area contributed by atoms with Crippen LogP contribution in [0, 0.1) is 0 Å². The van der Waals surface area contributed by atoms with Crippen molar-refractivity contribution in [2.45, 2.75) is 96.8 Å². The normalized spacial score (nSPS) is 11.5. The summed E-state index contributed by atoms with van der Waals surface area (Å²) in [6.07, 6.45) is 20.1. The lowest BCUT2D eigenvalue weighted by atomic mass is 10.1. The Hall–Kier alpha value is 1.17. The average molecular weight is 504 g/mol. The van der Waals surface area contributed by atoms with Gasteiger partial charge in [0.05, 0.1) is 27.2 Å². The van der Waals surface area contributed by atoms with Gasteiger partial charge in [0.1, 0.15) is 0 Å². The number of halogens is 2. The molecule has 0 amide bonds. The fourth-order valence-corrected chi connectivity index (χ4v) is 3.52. The van der Waals surface area contributed by atoms with E-state index in [1.54, 1.807) is 0 Å². The van der Waals surface area contributed by atoms with Crippen molar-refractivity contribution in [3.8, 4) is 0 Å². The van der Waals surface area contributed by atoms with Crippen molar-refractivity contribution >= 4 is 15.9 Å². The Morgan fingerprint density at radius 1 is 0.565 bits per heavy atom. The summed E-state index contributed by atoms with van der Waals surface area (Å²) in [6, 6.07) is 0. The van der Waals surface area contributed by atoms with Gasteiger partial charge in [-0.2, -0.15) is 0 Å². The zero-order chi connectivity index (χ0) is 16.5. The van der Waals surface area contributed by atoms with Crippen LogP contribution >= 0.6 is 15.9 Å². The summed E-state index contributed by atoms with van der Waals surface area (Å²) in [4.78, 5) is 0. The molecule has 23 heavy (non-hydrogen) atoms. The van der Waals surface area contributed by atoms with Gasteiger partial charge in [-0.3, -0.25) is 0 Å². The van der Waals surface area contributed by atoms with Gasteiger partial charge < -0.3 is 28.5 Å². The van der Waals surface area contributed by atoms with Crippen LogP contribution in [0.3, 0.4) is 0 Å². The number of nitrogens with zero attached hydrogens (tertiary/aromatic N) is 1. The van der Waals surface area contributed by atoms with Crippen LogP contribution in [-0.4, -0.2) is 37.0 Å². The molecular formula is C20H43BrIN. The number of alkyl halides is 1. The fraction of sp³-hybridized carbons (Fsp3) is 1.00. The van der Waals surface area contributed by atoms with E-state index in [1.807, 2.05) is 0 Å². The first kappa shape index (κ1) is 26.4. The summed E-state index contributed by atoms with van der Waals surface area (Å²) in [7, 11) is 4.79. The van der Waals surface area contributed by atoms with Crippen LogP contribution < -0.4 is 24.0 Å². The summed E-state index contributed by atoms with van der Waals surface area (Å²) < 4.78 is 1.21. The summed E-state index contributed by atoms with van der Waals surface area (Å²) in [6.45, 7) is 4.99. The highest BCUT2D eigenvalue weighted by atomic mass is 127. The highest BCUT2D eigenvalue weighted by molar-refractivity contribution is 9.09. The summed E-state index contributed by atoms with van der Waals surface area (Å²) in [5.41, 5.74) is 0. The van der Waals surface area contributed by atoms with E-state index in [2.05, 4.69) is 36.9 Å². The van der Waals surface area contributed by atoms with Crippen molar-refractivity contribution in [2.24, 2.45) is 0 Å². The Labute approximate surface area is 173 Å². The predicted molar refractivity (Wildman–Crippen MR) is 106 cm³/mol.